The number of rotatable bonds is 28. The van der Waals surface area contributed by atoms with Crippen LogP contribution in [0.2, 0.25) is 0 Å². The van der Waals surface area contributed by atoms with E-state index in [9.17, 15) is 9.90 Å². The summed E-state index contributed by atoms with van der Waals surface area (Å²) in [6, 6.07) is 0. The molecular weight excluding hydrogens is 468 g/mol. The van der Waals surface area contributed by atoms with Gasteiger partial charge in [0.15, 0.2) is 0 Å². The molecule has 35 heavy (non-hydrogen) atoms. The van der Waals surface area contributed by atoms with Crippen LogP contribution in [-0.4, -0.2) is 15.2 Å². The maximum atomic E-state index is 11.9. The standard InChI is InChI=1S/C31H62O2S2/c1-3-5-7-9-11-13-15-17-19-21-23-25-27-29(30(32)33)31(34,35)28-26-24-22-20-18-16-14-12-10-8-6-4-2/h29,34-35H,3-28H2,1-2H3,(H,32,33). The number of carboxylic acid groups (broad SMARTS) is 1. The third kappa shape index (κ3) is 23.0. The van der Waals surface area contributed by atoms with Gasteiger partial charge in [0.1, 0.15) is 0 Å². The van der Waals surface area contributed by atoms with Gasteiger partial charge in [-0.3, -0.25) is 4.79 Å². The molecule has 0 heterocycles. The molecule has 1 N–H and O–H groups in total. The molecule has 0 aliphatic carbocycles. The van der Waals surface area contributed by atoms with E-state index >= 15 is 0 Å². The second kappa shape index (κ2) is 25.8. The van der Waals surface area contributed by atoms with Gasteiger partial charge in [-0.05, 0) is 12.8 Å². The topological polar surface area (TPSA) is 37.3 Å². The Balaban J connectivity index is 3.75. The summed E-state index contributed by atoms with van der Waals surface area (Å²) in [6.07, 6.45) is 32.9. The fourth-order valence-corrected chi connectivity index (χ4v) is 5.94. The van der Waals surface area contributed by atoms with Crippen LogP contribution in [0.3, 0.4) is 0 Å². The summed E-state index contributed by atoms with van der Waals surface area (Å²) in [5.41, 5.74) is 0. The molecule has 0 rings (SSSR count). The fraction of sp³-hybridized carbons (Fsp3) is 0.968. The van der Waals surface area contributed by atoms with E-state index in [0.29, 0.717) is 6.42 Å². The van der Waals surface area contributed by atoms with Crippen molar-refractivity contribution < 1.29 is 9.90 Å². The molecule has 2 nitrogen and oxygen atoms in total. The van der Waals surface area contributed by atoms with Crippen LogP contribution in [0.25, 0.3) is 0 Å². The predicted octanol–water partition coefficient (Wildman–Crippen LogP) is 11.4. The Morgan fingerprint density at radius 2 is 0.829 bits per heavy atom. The van der Waals surface area contributed by atoms with E-state index in [1.165, 1.54) is 135 Å². The molecule has 0 amide bonds. The summed E-state index contributed by atoms with van der Waals surface area (Å²) in [5.74, 6) is -1.18. The van der Waals surface area contributed by atoms with Crippen molar-refractivity contribution in [2.75, 3.05) is 0 Å². The molecule has 0 radical (unpaired) electrons. The van der Waals surface area contributed by atoms with E-state index in [1.807, 2.05) is 0 Å². The molecule has 210 valence electrons. The van der Waals surface area contributed by atoms with Crippen LogP contribution in [0.1, 0.15) is 181 Å². The van der Waals surface area contributed by atoms with Crippen LogP contribution in [0.5, 0.6) is 0 Å². The van der Waals surface area contributed by atoms with Gasteiger partial charge in [-0.1, -0.05) is 168 Å². The fourth-order valence-electron chi connectivity index (χ4n) is 5.14. The Labute approximate surface area is 231 Å². The number of aliphatic carboxylic acids is 1. The zero-order valence-electron chi connectivity index (χ0n) is 23.7. The zero-order valence-corrected chi connectivity index (χ0v) is 25.5. The van der Waals surface area contributed by atoms with Gasteiger partial charge < -0.3 is 5.11 Å². The minimum absolute atomic E-state index is 0.454. The number of carbonyl (C=O) groups is 1. The van der Waals surface area contributed by atoms with Crippen LogP contribution in [-0.2, 0) is 4.79 Å². The number of thiol groups is 2. The molecule has 4 heteroatoms. The highest BCUT2D eigenvalue weighted by molar-refractivity contribution is 8.00. The van der Waals surface area contributed by atoms with E-state index in [4.69, 9.17) is 25.3 Å². The molecule has 0 bridgehead atoms. The van der Waals surface area contributed by atoms with E-state index in [2.05, 4.69) is 13.8 Å². The first-order valence-electron chi connectivity index (χ1n) is 15.6. The lowest BCUT2D eigenvalue weighted by atomic mass is 9.92. The van der Waals surface area contributed by atoms with Crippen molar-refractivity contribution >= 4 is 31.2 Å². The SMILES string of the molecule is CCCCCCCCCCCCCCC(C(=O)O)C(S)(S)CCCCCCCCCCCCCC. The van der Waals surface area contributed by atoms with Gasteiger partial charge in [-0.2, -0.15) is 25.3 Å². The first-order chi connectivity index (χ1) is 17.0. The average molecular weight is 531 g/mol. The third-order valence-electron chi connectivity index (χ3n) is 7.60. The lowest BCUT2D eigenvalue weighted by Crippen LogP contribution is -2.33. The molecule has 0 aliphatic heterocycles. The predicted molar refractivity (Wildman–Crippen MR) is 163 cm³/mol. The van der Waals surface area contributed by atoms with Gasteiger partial charge in [0.05, 0.1) is 10.00 Å². The molecule has 1 atom stereocenters. The van der Waals surface area contributed by atoms with Crippen LogP contribution < -0.4 is 0 Å². The van der Waals surface area contributed by atoms with Crippen molar-refractivity contribution in [2.24, 2.45) is 5.92 Å². The molecule has 0 saturated heterocycles. The third-order valence-corrected chi connectivity index (χ3v) is 8.67. The van der Waals surface area contributed by atoms with E-state index in [0.717, 1.165) is 25.7 Å². The van der Waals surface area contributed by atoms with E-state index in [1.54, 1.807) is 0 Å². The normalized spacial score (nSPS) is 12.8. The summed E-state index contributed by atoms with van der Waals surface area (Å²) in [5, 5.41) is 9.78. The Bertz CT molecular complexity index is 453. The Hall–Kier alpha value is 0.170. The highest BCUT2D eigenvalue weighted by Crippen LogP contribution is 2.38. The molecule has 0 fully saturated rings. The molecule has 1 unspecified atom stereocenters. The Kier molecular flexibility index (Phi) is 25.9. The van der Waals surface area contributed by atoms with Crippen LogP contribution in [0, 0.1) is 5.92 Å². The molecule has 0 aromatic carbocycles. The summed E-state index contributed by atoms with van der Waals surface area (Å²) in [4.78, 5) is 11.9. The van der Waals surface area contributed by atoms with Crippen molar-refractivity contribution in [3.63, 3.8) is 0 Å². The number of hydrogen-bond acceptors (Lipinski definition) is 3. The highest BCUT2D eigenvalue weighted by atomic mass is 32.2. The van der Waals surface area contributed by atoms with E-state index < -0.39 is 16.0 Å². The molecule has 0 aliphatic rings. The van der Waals surface area contributed by atoms with Gasteiger partial charge in [0, 0.05) is 0 Å². The van der Waals surface area contributed by atoms with Crippen molar-refractivity contribution in [1.29, 1.82) is 0 Å². The van der Waals surface area contributed by atoms with Crippen molar-refractivity contribution in [3.8, 4) is 0 Å². The molecular formula is C31H62O2S2. The van der Waals surface area contributed by atoms with Gasteiger partial charge in [-0.15, -0.1) is 0 Å². The van der Waals surface area contributed by atoms with Gasteiger partial charge in [-0.25, -0.2) is 0 Å². The van der Waals surface area contributed by atoms with Gasteiger partial charge >= 0.3 is 5.97 Å². The van der Waals surface area contributed by atoms with Crippen molar-refractivity contribution in [3.05, 3.63) is 0 Å². The average Bonchev–Trinajstić information content (AvgIpc) is 2.82. The first-order valence-corrected chi connectivity index (χ1v) is 16.5. The minimum atomic E-state index is -0.725. The Morgan fingerprint density at radius 3 is 1.14 bits per heavy atom. The van der Waals surface area contributed by atoms with Crippen LogP contribution in [0.4, 0.5) is 0 Å². The molecule has 0 aromatic rings. The minimum Gasteiger partial charge on any atom is -0.481 e. The smallest absolute Gasteiger partial charge is 0.308 e. The number of hydrogen-bond donors (Lipinski definition) is 3. The highest BCUT2D eigenvalue weighted by Gasteiger charge is 2.36. The summed E-state index contributed by atoms with van der Waals surface area (Å²) >= 11 is 9.45. The largest absolute Gasteiger partial charge is 0.481 e. The molecule has 0 saturated carbocycles. The van der Waals surface area contributed by atoms with Gasteiger partial charge in [0.25, 0.3) is 0 Å². The maximum Gasteiger partial charge on any atom is 0.308 e. The number of unbranched alkanes of at least 4 members (excludes halogenated alkanes) is 22. The summed E-state index contributed by atoms with van der Waals surface area (Å²) < 4.78 is -0.692. The van der Waals surface area contributed by atoms with Crippen molar-refractivity contribution in [2.45, 2.75) is 185 Å². The zero-order chi connectivity index (χ0) is 26.0. The van der Waals surface area contributed by atoms with E-state index in [-0.39, 0.29) is 0 Å². The summed E-state index contributed by atoms with van der Waals surface area (Å²) in [7, 11) is 0. The quantitative estimate of drug-likeness (QED) is 0.0534. The number of carboxylic acids is 1. The molecule has 0 spiro atoms. The first kappa shape index (κ1) is 35.2. The van der Waals surface area contributed by atoms with Gasteiger partial charge in [0.2, 0.25) is 0 Å². The summed E-state index contributed by atoms with van der Waals surface area (Å²) in [6.45, 7) is 4.54. The lowest BCUT2D eigenvalue weighted by Gasteiger charge is -2.29. The second-order valence-corrected chi connectivity index (χ2v) is 13.0. The maximum absolute atomic E-state index is 11.9. The monoisotopic (exact) mass is 530 g/mol. The lowest BCUT2D eigenvalue weighted by molar-refractivity contribution is -0.142. The Morgan fingerprint density at radius 1 is 0.543 bits per heavy atom. The van der Waals surface area contributed by atoms with Crippen molar-refractivity contribution in [1.82, 2.24) is 0 Å². The van der Waals surface area contributed by atoms with Crippen LogP contribution in [0.15, 0.2) is 0 Å². The second-order valence-electron chi connectivity index (χ2n) is 11.1. The molecule has 0 aromatic heterocycles. The van der Waals surface area contributed by atoms with Crippen LogP contribution >= 0.6 is 25.3 Å².